The smallest absolute Gasteiger partial charge is 0.280 e. The lowest BCUT2D eigenvalue weighted by Crippen LogP contribution is -2.30. The normalized spacial score (nSPS) is 10.6. The Morgan fingerprint density at radius 1 is 1.06 bits per heavy atom. The quantitative estimate of drug-likeness (QED) is 0.632. The minimum atomic E-state index is -0.645. The van der Waals surface area contributed by atoms with Crippen LogP contribution in [0.5, 0.6) is 0 Å². The molecule has 0 aliphatic carbocycles. The Kier molecular flexibility index (Phi) is 6.87. The van der Waals surface area contributed by atoms with Gasteiger partial charge in [0.05, 0.1) is 10.7 Å². The van der Waals surface area contributed by atoms with Crippen LogP contribution in [-0.2, 0) is 0 Å². The maximum Gasteiger partial charge on any atom is 0.280 e. The standard InChI is InChI=1S/C23H23ClN4O3/c1-4-27(5-2)23(31)16-10-12-17(13-11-16)25-22(30)21-20(29)14-15(3)28(26-21)19-9-7-6-8-18(19)24/h6-14H,4-5H2,1-3H3,(H,25,30). The van der Waals surface area contributed by atoms with Crippen molar-refractivity contribution in [3.05, 3.63) is 86.8 Å². The SMILES string of the molecule is CCN(CC)C(=O)c1ccc(NC(=O)c2nn(-c3ccccc3Cl)c(C)cc2=O)cc1. The van der Waals surface area contributed by atoms with Gasteiger partial charge in [0, 0.05) is 36.1 Å². The number of rotatable bonds is 6. The number of hydrogen-bond acceptors (Lipinski definition) is 4. The van der Waals surface area contributed by atoms with Crippen molar-refractivity contribution in [3.8, 4) is 5.69 Å². The number of aryl methyl sites for hydroxylation is 1. The summed E-state index contributed by atoms with van der Waals surface area (Å²) in [5.74, 6) is -0.723. The summed E-state index contributed by atoms with van der Waals surface area (Å²) in [5.41, 5.74) is 1.34. The van der Waals surface area contributed by atoms with E-state index < -0.39 is 11.3 Å². The highest BCUT2D eigenvalue weighted by molar-refractivity contribution is 6.32. The van der Waals surface area contributed by atoms with Crippen molar-refractivity contribution in [2.75, 3.05) is 18.4 Å². The molecule has 1 heterocycles. The zero-order valence-electron chi connectivity index (χ0n) is 17.6. The van der Waals surface area contributed by atoms with Crippen molar-refractivity contribution in [1.82, 2.24) is 14.7 Å². The molecule has 0 aliphatic heterocycles. The predicted molar refractivity (Wildman–Crippen MR) is 121 cm³/mol. The highest BCUT2D eigenvalue weighted by atomic mass is 35.5. The van der Waals surface area contributed by atoms with Crippen LogP contribution in [0, 0.1) is 6.92 Å². The number of hydrogen-bond donors (Lipinski definition) is 1. The molecule has 0 atom stereocenters. The molecule has 0 unspecified atom stereocenters. The topological polar surface area (TPSA) is 84.3 Å². The molecule has 0 fully saturated rings. The molecule has 0 saturated heterocycles. The van der Waals surface area contributed by atoms with E-state index in [2.05, 4.69) is 10.4 Å². The van der Waals surface area contributed by atoms with E-state index in [9.17, 15) is 14.4 Å². The Labute approximate surface area is 185 Å². The molecule has 2 amide bonds. The fourth-order valence-electron chi connectivity index (χ4n) is 3.15. The lowest BCUT2D eigenvalue weighted by atomic mass is 10.1. The van der Waals surface area contributed by atoms with Crippen molar-refractivity contribution in [2.45, 2.75) is 20.8 Å². The number of para-hydroxylation sites is 1. The van der Waals surface area contributed by atoms with Gasteiger partial charge in [0.15, 0.2) is 5.69 Å². The molecule has 3 rings (SSSR count). The van der Waals surface area contributed by atoms with Crippen molar-refractivity contribution >= 4 is 29.1 Å². The van der Waals surface area contributed by atoms with Crippen LogP contribution in [0.25, 0.3) is 5.69 Å². The van der Waals surface area contributed by atoms with Gasteiger partial charge in [-0.2, -0.15) is 5.10 Å². The number of aromatic nitrogens is 2. The number of nitrogens with zero attached hydrogens (tertiary/aromatic N) is 3. The lowest BCUT2D eigenvalue weighted by molar-refractivity contribution is 0.0773. The summed E-state index contributed by atoms with van der Waals surface area (Å²) in [4.78, 5) is 39.3. The predicted octanol–water partition coefficient (Wildman–Crippen LogP) is 3.93. The zero-order valence-corrected chi connectivity index (χ0v) is 18.3. The summed E-state index contributed by atoms with van der Waals surface area (Å²) >= 11 is 6.25. The summed E-state index contributed by atoms with van der Waals surface area (Å²) in [5, 5.41) is 7.35. The second kappa shape index (κ2) is 9.57. The van der Waals surface area contributed by atoms with Crippen LogP contribution in [0.3, 0.4) is 0 Å². The average Bonchev–Trinajstić information content (AvgIpc) is 2.76. The molecule has 31 heavy (non-hydrogen) atoms. The Morgan fingerprint density at radius 2 is 1.71 bits per heavy atom. The third-order valence-corrected chi connectivity index (χ3v) is 5.16. The van der Waals surface area contributed by atoms with E-state index in [1.54, 1.807) is 60.4 Å². The van der Waals surface area contributed by atoms with Gasteiger partial charge in [-0.25, -0.2) is 4.68 Å². The molecule has 0 aliphatic rings. The molecular formula is C23H23ClN4O3. The van der Waals surface area contributed by atoms with E-state index in [1.165, 1.54) is 10.7 Å². The molecule has 160 valence electrons. The summed E-state index contributed by atoms with van der Waals surface area (Å²) in [6.07, 6.45) is 0. The van der Waals surface area contributed by atoms with Gasteiger partial charge >= 0.3 is 0 Å². The minimum absolute atomic E-state index is 0.0781. The first-order valence-electron chi connectivity index (χ1n) is 9.92. The highest BCUT2D eigenvalue weighted by Gasteiger charge is 2.17. The number of halogens is 1. The summed E-state index contributed by atoms with van der Waals surface area (Å²) < 4.78 is 1.46. The minimum Gasteiger partial charge on any atom is -0.339 e. The van der Waals surface area contributed by atoms with Gasteiger partial charge in [-0.05, 0) is 57.2 Å². The molecule has 8 heteroatoms. The van der Waals surface area contributed by atoms with Crippen LogP contribution in [0.4, 0.5) is 5.69 Å². The van der Waals surface area contributed by atoms with Crippen LogP contribution in [0.1, 0.15) is 40.4 Å². The molecule has 0 radical (unpaired) electrons. The van der Waals surface area contributed by atoms with E-state index in [1.807, 2.05) is 13.8 Å². The van der Waals surface area contributed by atoms with Gasteiger partial charge in [0.25, 0.3) is 11.8 Å². The van der Waals surface area contributed by atoms with Gasteiger partial charge < -0.3 is 10.2 Å². The Hall–Kier alpha value is -3.45. The Balaban J connectivity index is 1.86. The summed E-state index contributed by atoms with van der Waals surface area (Å²) in [6.45, 7) is 6.78. The van der Waals surface area contributed by atoms with Crippen molar-refractivity contribution in [1.29, 1.82) is 0 Å². The molecule has 0 saturated carbocycles. The van der Waals surface area contributed by atoms with Gasteiger partial charge in [-0.1, -0.05) is 23.7 Å². The molecule has 3 aromatic rings. The molecule has 1 N–H and O–H groups in total. The molecule has 2 aromatic carbocycles. The lowest BCUT2D eigenvalue weighted by Gasteiger charge is -2.18. The van der Waals surface area contributed by atoms with Gasteiger partial charge in [-0.3, -0.25) is 14.4 Å². The highest BCUT2D eigenvalue weighted by Crippen LogP contribution is 2.20. The number of carbonyl (C=O) groups excluding carboxylic acids is 2. The number of amides is 2. The first-order valence-corrected chi connectivity index (χ1v) is 10.3. The van der Waals surface area contributed by atoms with Gasteiger partial charge in [0.2, 0.25) is 5.43 Å². The molecule has 7 nitrogen and oxygen atoms in total. The zero-order chi connectivity index (χ0) is 22.5. The first-order chi connectivity index (χ1) is 14.8. The Morgan fingerprint density at radius 3 is 2.32 bits per heavy atom. The van der Waals surface area contributed by atoms with E-state index >= 15 is 0 Å². The average molecular weight is 439 g/mol. The Bertz CT molecular complexity index is 1170. The van der Waals surface area contributed by atoms with Gasteiger partial charge in [0.1, 0.15) is 0 Å². The van der Waals surface area contributed by atoms with E-state index in [0.717, 1.165) is 0 Å². The van der Waals surface area contributed by atoms with E-state index in [-0.39, 0.29) is 11.6 Å². The number of benzene rings is 2. The van der Waals surface area contributed by atoms with Crippen LogP contribution < -0.4 is 10.7 Å². The monoisotopic (exact) mass is 438 g/mol. The summed E-state index contributed by atoms with van der Waals surface area (Å²) in [7, 11) is 0. The second-order valence-electron chi connectivity index (χ2n) is 6.87. The molecule has 1 aromatic heterocycles. The third-order valence-electron chi connectivity index (χ3n) is 4.84. The van der Waals surface area contributed by atoms with Gasteiger partial charge in [-0.15, -0.1) is 0 Å². The van der Waals surface area contributed by atoms with Crippen molar-refractivity contribution < 1.29 is 9.59 Å². The molecule has 0 bridgehead atoms. The van der Waals surface area contributed by atoms with Crippen molar-refractivity contribution in [3.63, 3.8) is 0 Å². The van der Waals surface area contributed by atoms with Crippen LogP contribution in [-0.4, -0.2) is 39.6 Å². The molecule has 0 spiro atoms. The van der Waals surface area contributed by atoms with E-state index in [0.29, 0.717) is 40.7 Å². The summed E-state index contributed by atoms with van der Waals surface area (Å²) in [6, 6.07) is 14.9. The third kappa shape index (κ3) is 4.83. The van der Waals surface area contributed by atoms with Crippen LogP contribution >= 0.6 is 11.6 Å². The number of carbonyl (C=O) groups is 2. The fraction of sp³-hybridized carbons (Fsp3) is 0.217. The molecular weight excluding hydrogens is 416 g/mol. The maximum absolute atomic E-state index is 12.7. The van der Waals surface area contributed by atoms with E-state index in [4.69, 9.17) is 11.6 Å². The van der Waals surface area contributed by atoms with Crippen LogP contribution in [0.15, 0.2) is 59.4 Å². The largest absolute Gasteiger partial charge is 0.339 e. The second-order valence-corrected chi connectivity index (χ2v) is 7.28. The first kappa shape index (κ1) is 22.2. The van der Waals surface area contributed by atoms with Crippen molar-refractivity contribution in [2.24, 2.45) is 0 Å². The maximum atomic E-state index is 12.7. The number of nitrogens with one attached hydrogen (secondary N) is 1. The fourth-order valence-corrected chi connectivity index (χ4v) is 3.37. The number of anilines is 1. The van der Waals surface area contributed by atoms with Crippen LogP contribution in [0.2, 0.25) is 5.02 Å².